The fraction of sp³-hybridized carbons (Fsp3) is 0.875. The summed E-state index contributed by atoms with van der Waals surface area (Å²) in [6.45, 7) is 5.94. The number of hydrogen-bond acceptors (Lipinski definition) is 2. The van der Waals surface area contributed by atoms with Gasteiger partial charge in [0.05, 0.1) is 12.6 Å². The molecule has 1 amide bonds. The van der Waals surface area contributed by atoms with E-state index in [-0.39, 0.29) is 13.9 Å². The topological polar surface area (TPSA) is 46.3 Å². The van der Waals surface area contributed by atoms with Gasteiger partial charge in [0.1, 0.15) is 6.17 Å². The van der Waals surface area contributed by atoms with Gasteiger partial charge in [0.15, 0.2) is 0 Å². The Morgan fingerprint density at radius 1 is 1.58 bits per heavy atom. The number of hydrogen-bond donors (Lipinski definition) is 1. The van der Waals surface area contributed by atoms with E-state index < -0.39 is 12.2 Å². The molecule has 1 saturated heterocycles. The van der Waals surface area contributed by atoms with Crippen molar-refractivity contribution in [3.63, 3.8) is 0 Å². The van der Waals surface area contributed by atoms with Crippen molar-refractivity contribution in [1.82, 2.24) is 4.90 Å². The molecule has 12 heavy (non-hydrogen) atoms. The molecule has 1 aliphatic rings. The Morgan fingerprint density at radius 2 is 2.08 bits per heavy atom. The molecule has 2 atom stereocenters. The molecule has 1 rings (SSSR count). The SMILES string of the molecule is CC.CC(=O)N1C[C@@H](F)[C@@H](N)C1.[HH]. The van der Waals surface area contributed by atoms with E-state index >= 15 is 0 Å². The molecule has 0 aliphatic carbocycles. The molecule has 0 saturated carbocycles. The van der Waals surface area contributed by atoms with Crippen LogP contribution in [0.4, 0.5) is 4.39 Å². The van der Waals surface area contributed by atoms with Crippen molar-refractivity contribution in [1.29, 1.82) is 0 Å². The minimum absolute atomic E-state index is 0. The van der Waals surface area contributed by atoms with Crippen molar-refractivity contribution in [2.45, 2.75) is 33.0 Å². The summed E-state index contributed by atoms with van der Waals surface area (Å²) in [7, 11) is 0. The van der Waals surface area contributed by atoms with Crippen LogP contribution in [0.15, 0.2) is 0 Å². The first kappa shape index (κ1) is 11.4. The maximum atomic E-state index is 12.6. The molecule has 0 radical (unpaired) electrons. The Kier molecular flexibility index (Phi) is 4.81. The van der Waals surface area contributed by atoms with E-state index in [1.54, 1.807) is 0 Å². The average Bonchev–Trinajstić information content (AvgIpc) is 2.36. The molecule has 0 aromatic carbocycles. The van der Waals surface area contributed by atoms with E-state index in [4.69, 9.17) is 5.73 Å². The van der Waals surface area contributed by atoms with Crippen molar-refractivity contribution in [2.24, 2.45) is 5.73 Å². The van der Waals surface area contributed by atoms with Crippen molar-refractivity contribution in [2.75, 3.05) is 13.1 Å². The molecule has 2 N–H and O–H groups in total. The van der Waals surface area contributed by atoms with Crippen LogP contribution in [0.2, 0.25) is 0 Å². The van der Waals surface area contributed by atoms with Crippen molar-refractivity contribution >= 4 is 5.91 Å². The normalized spacial score (nSPS) is 27.9. The van der Waals surface area contributed by atoms with Crippen LogP contribution >= 0.6 is 0 Å². The Morgan fingerprint density at radius 3 is 2.25 bits per heavy atom. The Bertz CT molecular complexity index is 147. The zero-order valence-electron chi connectivity index (χ0n) is 7.88. The predicted octanol–water partition coefficient (Wildman–Crippen LogP) is 0.786. The number of carbonyl (C=O) groups is 1. The molecule has 74 valence electrons. The maximum absolute atomic E-state index is 12.6. The molecule has 0 bridgehead atoms. The third kappa shape index (κ3) is 2.77. The number of carbonyl (C=O) groups excluding carboxylic acids is 1. The second-order valence-electron chi connectivity index (χ2n) is 2.60. The summed E-state index contributed by atoms with van der Waals surface area (Å²) in [6, 6.07) is -0.483. The standard InChI is InChI=1S/C6H11FN2O.C2H6.H2/c1-4(10)9-2-5(7)6(8)3-9;1-2;/h5-6H,2-3,8H2,1H3;1-2H3;1H/t5-,6+;;/m1../s1. The van der Waals surface area contributed by atoms with Gasteiger partial charge < -0.3 is 10.6 Å². The molecular weight excluding hydrogens is 159 g/mol. The number of alkyl halides is 1. The van der Waals surface area contributed by atoms with Gasteiger partial charge in [-0.2, -0.15) is 0 Å². The van der Waals surface area contributed by atoms with E-state index in [2.05, 4.69) is 0 Å². The molecule has 0 unspecified atom stereocenters. The molecule has 3 nitrogen and oxygen atoms in total. The highest BCUT2D eigenvalue weighted by atomic mass is 19.1. The highest BCUT2D eigenvalue weighted by molar-refractivity contribution is 5.73. The summed E-state index contributed by atoms with van der Waals surface area (Å²) in [5, 5.41) is 0. The minimum Gasteiger partial charge on any atom is -0.338 e. The lowest BCUT2D eigenvalue weighted by Crippen LogP contribution is -2.31. The largest absolute Gasteiger partial charge is 0.338 e. The summed E-state index contributed by atoms with van der Waals surface area (Å²) in [6.07, 6.45) is -1.04. The lowest BCUT2D eigenvalue weighted by Gasteiger charge is -2.10. The second-order valence-corrected chi connectivity index (χ2v) is 2.60. The Balaban J connectivity index is 0. The van der Waals surface area contributed by atoms with Gasteiger partial charge in [-0.1, -0.05) is 13.8 Å². The van der Waals surface area contributed by atoms with Crippen LogP contribution in [0.1, 0.15) is 22.2 Å². The number of halogens is 1. The van der Waals surface area contributed by atoms with E-state index in [0.717, 1.165) is 0 Å². The second kappa shape index (κ2) is 5.09. The third-order valence-corrected chi connectivity index (χ3v) is 1.74. The summed E-state index contributed by atoms with van der Waals surface area (Å²) in [4.78, 5) is 12.1. The molecule has 1 fully saturated rings. The highest BCUT2D eigenvalue weighted by Crippen LogP contribution is 2.10. The van der Waals surface area contributed by atoms with Crippen LogP contribution < -0.4 is 5.73 Å². The first-order valence-electron chi connectivity index (χ1n) is 4.26. The third-order valence-electron chi connectivity index (χ3n) is 1.74. The number of amides is 1. The van der Waals surface area contributed by atoms with Gasteiger partial charge in [-0.3, -0.25) is 4.79 Å². The van der Waals surface area contributed by atoms with E-state index in [1.165, 1.54) is 11.8 Å². The van der Waals surface area contributed by atoms with Crippen LogP contribution in [0.5, 0.6) is 0 Å². The zero-order chi connectivity index (χ0) is 9.72. The van der Waals surface area contributed by atoms with Crippen LogP contribution in [-0.4, -0.2) is 36.1 Å². The Labute approximate surface area is 74.2 Å². The van der Waals surface area contributed by atoms with Gasteiger partial charge in [0.25, 0.3) is 0 Å². The number of likely N-dealkylation sites (tertiary alicyclic amines) is 1. The van der Waals surface area contributed by atoms with Gasteiger partial charge in [0.2, 0.25) is 5.91 Å². The van der Waals surface area contributed by atoms with Gasteiger partial charge in [0, 0.05) is 14.9 Å². The summed E-state index contributed by atoms with van der Waals surface area (Å²) in [5.41, 5.74) is 5.34. The van der Waals surface area contributed by atoms with Crippen LogP contribution in [0.25, 0.3) is 0 Å². The first-order valence-corrected chi connectivity index (χ1v) is 4.26. The summed E-state index contributed by atoms with van der Waals surface area (Å²) < 4.78 is 12.6. The van der Waals surface area contributed by atoms with Gasteiger partial charge in [-0.15, -0.1) is 0 Å². The van der Waals surface area contributed by atoms with E-state index in [0.29, 0.717) is 6.54 Å². The quantitative estimate of drug-likeness (QED) is 0.596. The monoisotopic (exact) mass is 178 g/mol. The highest BCUT2D eigenvalue weighted by Gasteiger charge is 2.30. The van der Waals surface area contributed by atoms with Gasteiger partial charge in [-0.25, -0.2) is 4.39 Å². The predicted molar refractivity (Wildman–Crippen MR) is 48.6 cm³/mol. The molecule has 1 heterocycles. The molecule has 0 aromatic rings. The number of nitrogens with zero attached hydrogens (tertiary/aromatic N) is 1. The van der Waals surface area contributed by atoms with Gasteiger partial charge >= 0.3 is 0 Å². The Hall–Kier alpha value is -0.640. The van der Waals surface area contributed by atoms with Gasteiger partial charge in [-0.05, 0) is 0 Å². The first-order chi connectivity index (χ1) is 5.61. The minimum atomic E-state index is -1.04. The molecule has 4 heteroatoms. The average molecular weight is 178 g/mol. The lowest BCUT2D eigenvalue weighted by molar-refractivity contribution is -0.128. The lowest BCUT2D eigenvalue weighted by atomic mass is 10.3. The maximum Gasteiger partial charge on any atom is 0.219 e. The fourth-order valence-corrected chi connectivity index (χ4v) is 1.05. The van der Waals surface area contributed by atoms with Crippen molar-refractivity contribution in [3.8, 4) is 0 Å². The van der Waals surface area contributed by atoms with Crippen molar-refractivity contribution < 1.29 is 10.6 Å². The summed E-state index contributed by atoms with van der Waals surface area (Å²) in [5.74, 6) is -0.101. The van der Waals surface area contributed by atoms with Crippen molar-refractivity contribution in [3.05, 3.63) is 0 Å². The fourth-order valence-electron chi connectivity index (χ4n) is 1.05. The molecule has 1 aliphatic heterocycles. The number of nitrogens with two attached hydrogens (primary N) is 1. The van der Waals surface area contributed by atoms with Crippen LogP contribution in [0.3, 0.4) is 0 Å². The molecule has 0 spiro atoms. The van der Waals surface area contributed by atoms with E-state index in [9.17, 15) is 9.18 Å². The smallest absolute Gasteiger partial charge is 0.219 e. The molecule has 0 aromatic heterocycles. The number of rotatable bonds is 0. The summed E-state index contributed by atoms with van der Waals surface area (Å²) >= 11 is 0. The zero-order valence-corrected chi connectivity index (χ0v) is 7.88. The molecular formula is C8H19FN2O. The van der Waals surface area contributed by atoms with Crippen LogP contribution in [-0.2, 0) is 4.79 Å². The van der Waals surface area contributed by atoms with E-state index in [1.807, 2.05) is 13.8 Å². The van der Waals surface area contributed by atoms with Crippen LogP contribution in [0, 0.1) is 0 Å².